The normalized spacial score (nSPS) is 16.7. The van der Waals surface area contributed by atoms with Crippen molar-refractivity contribution in [2.24, 2.45) is 0 Å². The zero-order valence-electron chi connectivity index (χ0n) is 5.46. The molecule has 0 heterocycles. The largest absolute Gasteiger partial charge is 0.0864 e. The van der Waals surface area contributed by atoms with E-state index in [2.05, 4.69) is 49.2 Å². The summed E-state index contributed by atoms with van der Waals surface area (Å²) in [5.41, 5.74) is 0. The van der Waals surface area contributed by atoms with Crippen LogP contribution < -0.4 is 0 Å². The van der Waals surface area contributed by atoms with Crippen LogP contribution in [0, 0.1) is 0 Å². The van der Waals surface area contributed by atoms with Crippen molar-refractivity contribution in [1.82, 2.24) is 0 Å². The fourth-order valence-electron chi connectivity index (χ4n) is 0. The maximum absolute atomic E-state index is 2.51. The van der Waals surface area contributed by atoms with Gasteiger partial charge in [0.05, 0.1) is 8.07 Å². The summed E-state index contributed by atoms with van der Waals surface area (Å²) in [5.74, 6) is 0. The smallest absolute Gasteiger partial charge is 0.0581 e. The molecule has 44 valence electrons. The Morgan fingerprint density at radius 1 is 1.29 bits per heavy atom. The molecule has 0 fully saturated rings. The monoisotopic (exact) mass is 228 g/mol. The Kier molecular flexibility index (Phi) is 2.82. The van der Waals surface area contributed by atoms with Crippen LogP contribution in [0.3, 0.4) is 0 Å². The van der Waals surface area contributed by atoms with Crippen LogP contribution >= 0.6 is 22.6 Å². The number of alkyl halides is 1. The van der Waals surface area contributed by atoms with Crippen LogP contribution in [0.4, 0.5) is 0 Å². The lowest BCUT2D eigenvalue weighted by Crippen LogP contribution is -2.30. The zero-order valence-corrected chi connectivity index (χ0v) is 8.61. The highest BCUT2D eigenvalue weighted by molar-refractivity contribution is 14.1. The molecule has 0 aliphatic carbocycles. The summed E-state index contributed by atoms with van der Waals surface area (Å²) in [6.07, 6.45) is 0. The molecule has 7 heavy (non-hydrogen) atoms. The fraction of sp³-hybridized carbons (Fsp3) is 1.00. The first kappa shape index (κ1) is 7.95. The fourth-order valence-corrected chi connectivity index (χ4v) is 0. The van der Waals surface area contributed by atoms with Crippen LogP contribution in [0.15, 0.2) is 0 Å². The van der Waals surface area contributed by atoms with Crippen molar-refractivity contribution in [2.75, 3.05) is 0 Å². The van der Waals surface area contributed by atoms with Crippen LogP contribution in [-0.2, 0) is 0 Å². The van der Waals surface area contributed by atoms with Gasteiger partial charge in [-0.05, 0) is 0 Å². The second kappa shape index (κ2) is 2.48. The van der Waals surface area contributed by atoms with Gasteiger partial charge < -0.3 is 0 Å². The average molecular weight is 228 g/mol. The SMILES string of the molecule is CC(I)[Si](C)(C)C. The number of hydrogen-bond acceptors (Lipinski definition) is 0. The van der Waals surface area contributed by atoms with Gasteiger partial charge in [0.2, 0.25) is 0 Å². The minimum Gasteiger partial charge on any atom is -0.0864 e. The van der Waals surface area contributed by atoms with Crippen LogP contribution in [0.2, 0.25) is 19.6 Å². The summed E-state index contributed by atoms with van der Waals surface area (Å²) in [6, 6.07) is 0. The summed E-state index contributed by atoms with van der Waals surface area (Å²) in [5, 5.41) is 0. The highest BCUT2D eigenvalue weighted by Crippen LogP contribution is 2.14. The maximum Gasteiger partial charge on any atom is 0.0581 e. The lowest BCUT2D eigenvalue weighted by atomic mass is 11.0. The van der Waals surface area contributed by atoms with Gasteiger partial charge in [0.15, 0.2) is 0 Å². The standard InChI is InChI=1S/C5H13ISi/c1-5(6)7(2,3)4/h5H,1-4H3. The van der Waals surface area contributed by atoms with Gasteiger partial charge in [0, 0.05) is 3.55 Å². The van der Waals surface area contributed by atoms with Crippen LogP contribution in [0.5, 0.6) is 0 Å². The van der Waals surface area contributed by atoms with Gasteiger partial charge in [-0.25, -0.2) is 0 Å². The van der Waals surface area contributed by atoms with Crippen LogP contribution in [0.25, 0.3) is 0 Å². The van der Waals surface area contributed by atoms with Crippen LogP contribution in [0.1, 0.15) is 6.92 Å². The van der Waals surface area contributed by atoms with E-state index in [9.17, 15) is 0 Å². The zero-order chi connectivity index (χ0) is 6.08. The first-order valence-electron chi connectivity index (χ1n) is 2.58. The van der Waals surface area contributed by atoms with E-state index in [-0.39, 0.29) is 0 Å². The molecule has 0 aliphatic heterocycles. The van der Waals surface area contributed by atoms with E-state index in [1.165, 1.54) is 0 Å². The summed E-state index contributed by atoms with van der Waals surface area (Å²) < 4.78 is 0.907. The molecule has 0 aliphatic rings. The van der Waals surface area contributed by atoms with E-state index < -0.39 is 8.07 Å². The van der Waals surface area contributed by atoms with E-state index in [0.29, 0.717) is 0 Å². The van der Waals surface area contributed by atoms with E-state index in [1.54, 1.807) is 0 Å². The molecule has 0 amide bonds. The van der Waals surface area contributed by atoms with E-state index in [4.69, 9.17) is 0 Å². The van der Waals surface area contributed by atoms with Crippen LogP contribution in [-0.4, -0.2) is 11.6 Å². The second-order valence-corrected chi connectivity index (χ2v) is 11.6. The van der Waals surface area contributed by atoms with Gasteiger partial charge in [-0.2, -0.15) is 0 Å². The van der Waals surface area contributed by atoms with E-state index in [0.717, 1.165) is 3.55 Å². The third kappa shape index (κ3) is 3.52. The first-order chi connectivity index (χ1) is 2.94. The molecule has 0 saturated carbocycles. The third-order valence-corrected chi connectivity index (χ3v) is 9.19. The van der Waals surface area contributed by atoms with Gasteiger partial charge in [0.1, 0.15) is 0 Å². The van der Waals surface area contributed by atoms with Crippen molar-refractivity contribution >= 4 is 30.7 Å². The quantitative estimate of drug-likeness (QED) is 0.367. The summed E-state index contributed by atoms with van der Waals surface area (Å²) in [4.78, 5) is 0. The first-order valence-corrected chi connectivity index (χ1v) is 7.41. The predicted octanol–water partition coefficient (Wildman–Crippen LogP) is 2.69. The Morgan fingerprint density at radius 3 is 1.43 bits per heavy atom. The van der Waals surface area contributed by atoms with Crippen molar-refractivity contribution in [3.63, 3.8) is 0 Å². The molecule has 0 N–H and O–H groups in total. The average Bonchev–Trinajstić information content (AvgIpc) is 1.31. The molecule has 1 unspecified atom stereocenters. The van der Waals surface area contributed by atoms with Crippen molar-refractivity contribution in [3.8, 4) is 0 Å². The van der Waals surface area contributed by atoms with Gasteiger partial charge in [0.25, 0.3) is 0 Å². The molecule has 0 aromatic rings. The van der Waals surface area contributed by atoms with E-state index in [1.807, 2.05) is 0 Å². The Morgan fingerprint density at radius 2 is 1.43 bits per heavy atom. The molecule has 0 radical (unpaired) electrons. The minimum absolute atomic E-state index is 0.748. The topological polar surface area (TPSA) is 0 Å². The second-order valence-electron chi connectivity index (χ2n) is 2.98. The molecule has 0 aromatic heterocycles. The summed E-state index contributed by atoms with van der Waals surface area (Å²) in [6.45, 7) is 9.48. The molecule has 0 aromatic carbocycles. The number of halogens is 1. The predicted molar refractivity (Wildman–Crippen MR) is 46.8 cm³/mol. The molecular formula is C5H13ISi. The molecule has 2 heteroatoms. The van der Waals surface area contributed by atoms with Crippen molar-refractivity contribution < 1.29 is 0 Å². The Bertz CT molecular complexity index is 53.6. The third-order valence-electron chi connectivity index (χ3n) is 1.19. The lowest BCUT2D eigenvalue weighted by molar-refractivity contribution is 1.34. The van der Waals surface area contributed by atoms with Gasteiger partial charge in [-0.3, -0.25) is 0 Å². The highest BCUT2D eigenvalue weighted by atomic mass is 127. The van der Waals surface area contributed by atoms with Gasteiger partial charge in [-0.15, -0.1) is 0 Å². The Balaban J connectivity index is 3.54. The molecule has 0 spiro atoms. The molecule has 0 rings (SSSR count). The molecule has 0 bridgehead atoms. The van der Waals surface area contributed by atoms with Gasteiger partial charge >= 0.3 is 0 Å². The van der Waals surface area contributed by atoms with E-state index >= 15 is 0 Å². The molecule has 1 atom stereocenters. The summed E-state index contributed by atoms with van der Waals surface area (Å²) >= 11 is 2.51. The number of rotatable bonds is 1. The minimum atomic E-state index is -0.748. The number of hydrogen-bond donors (Lipinski definition) is 0. The highest BCUT2D eigenvalue weighted by Gasteiger charge is 2.18. The Hall–Kier alpha value is 0.947. The van der Waals surface area contributed by atoms with Gasteiger partial charge in [-0.1, -0.05) is 49.2 Å². The van der Waals surface area contributed by atoms with Crippen molar-refractivity contribution in [1.29, 1.82) is 0 Å². The maximum atomic E-state index is 2.51. The molecular weight excluding hydrogens is 215 g/mol. The Labute approximate surface area is 60.8 Å². The van der Waals surface area contributed by atoms with Crippen molar-refractivity contribution in [2.45, 2.75) is 30.1 Å². The van der Waals surface area contributed by atoms with Crippen molar-refractivity contribution in [3.05, 3.63) is 0 Å². The lowest BCUT2D eigenvalue weighted by Gasteiger charge is -2.18. The molecule has 0 saturated heterocycles. The summed E-state index contributed by atoms with van der Waals surface area (Å²) in [7, 11) is -0.748. The molecule has 0 nitrogen and oxygen atoms in total.